The van der Waals surface area contributed by atoms with Crippen LogP contribution in [0.25, 0.3) is 0 Å². The van der Waals surface area contributed by atoms with E-state index in [1.165, 1.54) is 44.9 Å². The van der Waals surface area contributed by atoms with Crippen LogP contribution in [0.1, 0.15) is 194 Å². The number of carbonyl (C=O) groups excluding carboxylic acids is 1. The van der Waals surface area contributed by atoms with Crippen LogP contribution in [0.2, 0.25) is 0 Å². The number of rotatable bonds is 47. The van der Waals surface area contributed by atoms with E-state index in [1.54, 1.807) is 6.08 Å². The molecule has 422 valence electrons. The van der Waals surface area contributed by atoms with Gasteiger partial charge in [-0.25, -0.2) is 0 Å². The van der Waals surface area contributed by atoms with Crippen LogP contribution in [-0.4, -0.2) is 87.5 Å². The summed E-state index contributed by atoms with van der Waals surface area (Å²) in [6.07, 6.45) is 77.3. The second-order valence-corrected chi connectivity index (χ2v) is 19.3. The van der Waals surface area contributed by atoms with Crippen LogP contribution in [0, 0.1) is 0 Å². The highest BCUT2D eigenvalue weighted by molar-refractivity contribution is 5.76. The minimum Gasteiger partial charge on any atom is -0.394 e. The van der Waals surface area contributed by atoms with Crippen molar-refractivity contribution in [2.75, 3.05) is 13.2 Å². The molecular weight excluding hydrogens is 935 g/mol. The molecule has 6 N–H and O–H groups in total. The van der Waals surface area contributed by atoms with E-state index in [-0.39, 0.29) is 12.5 Å². The van der Waals surface area contributed by atoms with E-state index in [0.717, 1.165) is 116 Å². The molecule has 0 aromatic carbocycles. The van der Waals surface area contributed by atoms with Gasteiger partial charge in [-0.05, 0) is 122 Å². The van der Waals surface area contributed by atoms with Crippen molar-refractivity contribution in [3.05, 3.63) is 158 Å². The molecule has 1 aliphatic rings. The Morgan fingerprint density at radius 2 is 0.840 bits per heavy atom. The SMILES string of the molecule is CC/C=C\C/C=C\C/C=C\C/C=C\C/C=C\C/C=C\C/C=C\C/C=C\C/C=C\C/C=C\CCCCCCC(=O)NC(COC1OC(CO)C(O)C(O)C1O)C(O)/C=C/CC/C=C/CC/C=C/CCCCCCCCC. The van der Waals surface area contributed by atoms with E-state index >= 15 is 0 Å². The number of ether oxygens (including phenoxy) is 2. The molecule has 1 aliphatic heterocycles. The number of hydrogen-bond acceptors (Lipinski definition) is 8. The van der Waals surface area contributed by atoms with E-state index in [0.29, 0.717) is 19.3 Å². The highest BCUT2D eigenvalue weighted by Crippen LogP contribution is 2.22. The zero-order valence-electron chi connectivity index (χ0n) is 46.7. The van der Waals surface area contributed by atoms with Gasteiger partial charge in [0, 0.05) is 6.42 Å². The zero-order valence-corrected chi connectivity index (χ0v) is 46.7. The van der Waals surface area contributed by atoms with Crippen molar-refractivity contribution >= 4 is 5.91 Å². The topological polar surface area (TPSA) is 149 Å². The van der Waals surface area contributed by atoms with Crippen LogP contribution in [0.15, 0.2) is 158 Å². The van der Waals surface area contributed by atoms with E-state index < -0.39 is 49.5 Å². The molecule has 1 fully saturated rings. The number of allylic oxidation sites excluding steroid dienone is 25. The third-order valence-electron chi connectivity index (χ3n) is 12.6. The van der Waals surface area contributed by atoms with Crippen LogP contribution < -0.4 is 5.32 Å². The standard InChI is InChI=1S/C66H105NO8/c1-3-5-7-9-11-13-15-17-19-21-22-23-24-25-26-27-28-29-30-31-32-33-34-35-36-37-38-40-42-44-46-48-50-52-54-56-62(70)67-59(58-74-66-65(73)64(72)63(71)61(57-68)75-66)60(69)55-53-51-49-47-45-43-41-39-20-18-16-14-12-10-8-6-4-2/h5,7,11,13,17,19-20,22-23,25-26,28-29,31-32,34-35,37-39,42,44-45,47,53,55,59-61,63-66,68-69,71-73H,3-4,6,8-10,12,14-16,18,21,24,27,30,33,36,40-41,43,46,48-52,54,56-58H2,1-2H3,(H,67,70)/b7-5-,13-11-,19-17-,23-22-,26-25-,29-28-,32-31-,35-34-,38-37-,39-20+,44-42-,47-45+,55-53+. The Labute approximate surface area is 456 Å². The molecule has 0 radical (unpaired) electrons. The van der Waals surface area contributed by atoms with Crippen LogP contribution in [0.4, 0.5) is 0 Å². The molecule has 9 nitrogen and oxygen atoms in total. The smallest absolute Gasteiger partial charge is 0.220 e. The largest absolute Gasteiger partial charge is 0.394 e. The lowest BCUT2D eigenvalue weighted by Gasteiger charge is -2.40. The fourth-order valence-corrected chi connectivity index (χ4v) is 7.98. The van der Waals surface area contributed by atoms with Gasteiger partial charge < -0.3 is 40.3 Å². The van der Waals surface area contributed by atoms with Crippen molar-refractivity contribution in [1.82, 2.24) is 5.32 Å². The molecule has 1 amide bonds. The van der Waals surface area contributed by atoms with Gasteiger partial charge >= 0.3 is 0 Å². The average Bonchev–Trinajstić information content (AvgIpc) is 3.41. The van der Waals surface area contributed by atoms with Gasteiger partial charge in [-0.2, -0.15) is 0 Å². The first-order valence-electron chi connectivity index (χ1n) is 29.2. The number of aliphatic hydroxyl groups is 5. The summed E-state index contributed by atoms with van der Waals surface area (Å²) >= 11 is 0. The molecule has 0 spiro atoms. The third-order valence-corrected chi connectivity index (χ3v) is 12.6. The van der Waals surface area contributed by atoms with Gasteiger partial charge in [-0.1, -0.05) is 223 Å². The fourth-order valence-electron chi connectivity index (χ4n) is 7.98. The van der Waals surface area contributed by atoms with E-state index in [9.17, 15) is 30.3 Å². The average molecular weight is 1040 g/mol. The van der Waals surface area contributed by atoms with Crippen molar-refractivity contribution < 1.29 is 39.8 Å². The number of nitrogens with one attached hydrogen (secondary N) is 1. The Hall–Kier alpha value is -4.19. The van der Waals surface area contributed by atoms with Gasteiger partial charge in [0.25, 0.3) is 0 Å². The quantitative estimate of drug-likeness (QED) is 0.0261. The maximum atomic E-state index is 13.0. The van der Waals surface area contributed by atoms with Gasteiger partial charge in [0.1, 0.15) is 24.4 Å². The normalized spacial score (nSPS) is 20.1. The minimum atomic E-state index is -1.59. The van der Waals surface area contributed by atoms with Gasteiger partial charge in [0.15, 0.2) is 6.29 Å². The van der Waals surface area contributed by atoms with Crippen molar-refractivity contribution in [2.24, 2.45) is 0 Å². The maximum absolute atomic E-state index is 13.0. The van der Waals surface area contributed by atoms with Gasteiger partial charge in [0.05, 0.1) is 25.4 Å². The lowest BCUT2D eigenvalue weighted by Crippen LogP contribution is -2.60. The summed E-state index contributed by atoms with van der Waals surface area (Å²) in [7, 11) is 0. The lowest BCUT2D eigenvalue weighted by molar-refractivity contribution is -0.302. The van der Waals surface area contributed by atoms with Crippen LogP contribution in [0.3, 0.4) is 0 Å². The Kier molecular flexibility index (Phi) is 48.8. The monoisotopic (exact) mass is 1040 g/mol. The number of aliphatic hydroxyl groups excluding tert-OH is 5. The molecule has 7 atom stereocenters. The molecule has 0 aromatic rings. The molecular formula is C66H105NO8. The second kappa shape index (κ2) is 53.2. The molecule has 75 heavy (non-hydrogen) atoms. The predicted molar refractivity (Wildman–Crippen MR) is 317 cm³/mol. The lowest BCUT2D eigenvalue weighted by atomic mass is 9.99. The van der Waals surface area contributed by atoms with Crippen molar-refractivity contribution in [3.8, 4) is 0 Å². The summed E-state index contributed by atoms with van der Waals surface area (Å²) in [6, 6.07) is -0.855. The summed E-state index contributed by atoms with van der Waals surface area (Å²) < 4.78 is 11.2. The van der Waals surface area contributed by atoms with E-state index in [1.807, 2.05) is 6.08 Å². The first-order chi connectivity index (χ1) is 36.8. The molecule has 1 saturated heterocycles. The van der Waals surface area contributed by atoms with Gasteiger partial charge in [-0.3, -0.25) is 4.79 Å². The first kappa shape index (κ1) is 68.8. The molecule has 0 aromatic heterocycles. The zero-order chi connectivity index (χ0) is 54.3. The number of carbonyl (C=O) groups is 1. The minimum absolute atomic E-state index is 0.223. The molecule has 0 aliphatic carbocycles. The number of amides is 1. The van der Waals surface area contributed by atoms with Crippen molar-refractivity contribution in [3.63, 3.8) is 0 Å². The summed E-state index contributed by atoms with van der Waals surface area (Å²) in [5.41, 5.74) is 0. The van der Waals surface area contributed by atoms with E-state index in [4.69, 9.17) is 9.47 Å². The fraction of sp³-hybridized carbons (Fsp3) is 0.591. The molecule has 9 heteroatoms. The van der Waals surface area contributed by atoms with Crippen LogP contribution in [-0.2, 0) is 14.3 Å². The van der Waals surface area contributed by atoms with Crippen LogP contribution >= 0.6 is 0 Å². The highest BCUT2D eigenvalue weighted by Gasteiger charge is 2.44. The van der Waals surface area contributed by atoms with Gasteiger partial charge in [0.2, 0.25) is 5.91 Å². The third kappa shape index (κ3) is 42.6. The van der Waals surface area contributed by atoms with Crippen molar-refractivity contribution in [1.29, 1.82) is 0 Å². The molecule has 0 saturated carbocycles. The predicted octanol–water partition coefficient (Wildman–Crippen LogP) is 14.8. The summed E-state index contributed by atoms with van der Waals surface area (Å²) in [5, 5.41) is 54.4. The van der Waals surface area contributed by atoms with Crippen molar-refractivity contribution in [2.45, 2.75) is 236 Å². The molecule has 0 bridgehead atoms. The van der Waals surface area contributed by atoms with Gasteiger partial charge in [-0.15, -0.1) is 0 Å². The summed E-state index contributed by atoms with van der Waals surface area (Å²) in [6.45, 7) is 3.60. The second-order valence-electron chi connectivity index (χ2n) is 19.3. The Bertz CT molecular complexity index is 1730. The maximum Gasteiger partial charge on any atom is 0.220 e. The van der Waals surface area contributed by atoms with Crippen LogP contribution in [0.5, 0.6) is 0 Å². The molecule has 1 rings (SSSR count). The first-order valence-corrected chi connectivity index (χ1v) is 29.2. The Morgan fingerprint density at radius 3 is 1.28 bits per heavy atom. The summed E-state index contributed by atoms with van der Waals surface area (Å²) in [5.74, 6) is -0.223. The molecule has 7 unspecified atom stereocenters. The summed E-state index contributed by atoms with van der Waals surface area (Å²) in [4.78, 5) is 13.0. The van der Waals surface area contributed by atoms with E-state index in [2.05, 4.69) is 165 Å². The Balaban J connectivity index is 2.28. The number of unbranched alkanes of at least 4 members (excludes halogenated alkanes) is 13. The highest BCUT2D eigenvalue weighted by atomic mass is 16.7. The Morgan fingerprint density at radius 1 is 0.467 bits per heavy atom. The molecule has 1 heterocycles. The number of hydrogen-bond donors (Lipinski definition) is 6.